The Balaban J connectivity index is 1.87. The molecular weight excluding hydrogens is 236 g/mol. The van der Waals surface area contributed by atoms with Crippen molar-refractivity contribution >= 4 is 22.5 Å². The Bertz CT molecular complexity index is 714. The topological polar surface area (TPSA) is 0 Å². The molecule has 18 heavy (non-hydrogen) atoms. The first-order valence-corrected chi connectivity index (χ1v) is 7.05. The summed E-state index contributed by atoms with van der Waals surface area (Å²) >= 11 is 1.96. The lowest BCUT2D eigenvalue weighted by molar-refractivity contribution is 1.27. The fourth-order valence-corrected chi connectivity index (χ4v) is 3.90. The van der Waals surface area contributed by atoms with Gasteiger partial charge in [-0.15, -0.1) is 11.8 Å². The van der Waals surface area contributed by atoms with Crippen molar-refractivity contribution in [3.05, 3.63) is 82.8 Å². The van der Waals surface area contributed by atoms with Crippen molar-refractivity contribution in [2.45, 2.75) is 5.25 Å². The molecule has 0 saturated carbocycles. The van der Waals surface area contributed by atoms with Gasteiger partial charge in [-0.1, -0.05) is 60.7 Å². The molecule has 0 fully saturated rings. The summed E-state index contributed by atoms with van der Waals surface area (Å²) in [5.74, 6) is 0. The summed E-state index contributed by atoms with van der Waals surface area (Å²) in [5, 5.41) is 3.16. The first kappa shape index (κ1) is 10.2. The van der Waals surface area contributed by atoms with Crippen LogP contribution in [-0.4, -0.2) is 0 Å². The normalized spacial score (nSPS) is 21.0. The molecule has 0 nitrogen and oxygen atoms in total. The van der Waals surface area contributed by atoms with Gasteiger partial charge < -0.3 is 0 Å². The number of fused-ring (bicyclic) bond motifs is 2. The first-order chi connectivity index (χ1) is 8.92. The van der Waals surface area contributed by atoms with E-state index in [-0.39, 0.29) is 0 Å². The van der Waals surface area contributed by atoms with Gasteiger partial charge in [0.05, 0.1) is 5.25 Å². The van der Waals surface area contributed by atoms with Gasteiger partial charge in [-0.05, 0) is 28.0 Å². The predicted octanol–water partition coefficient (Wildman–Crippen LogP) is 5.01. The van der Waals surface area contributed by atoms with Crippen LogP contribution in [0.25, 0.3) is 10.8 Å². The second kappa shape index (κ2) is 3.89. The lowest BCUT2D eigenvalue weighted by Gasteiger charge is -2.11. The maximum Gasteiger partial charge on any atom is 0.0540 e. The molecule has 1 heterocycles. The number of hydrogen-bond donors (Lipinski definition) is 0. The van der Waals surface area contributed by atoms with Crippen LogP contribution >= 0.6 is 11.8 Å². The van der Waals surface area contributed by atoms with Crippen molar-refractivity contribution in [1.82, 2.24) is 0 Å². The van der Waals surface area contributed by atoms with Gasteiger partial charge in [0, 0.05) is 4.91 Å². The molecular formula is C17H12S. The number of thioether (sulfide) groups is 1. The summed E-state index contributed by atoms with van der Waals surface area (Å²) in [7, 11) is 0. The van der Waals surface area contributed by atoms with Crippen molar-refractivity contribution in [1.29, 1.82) is 0 Å². The van der Waals surface area contributed by atoms with Crippen molar-refractivity contribution in [3.63, 3.8) is 0 Å². The molecule has 0 radical (unpaired) electrons. The zero-order chi connectivity index (χ0) is 11.9. The molecule has 1 atom stereocenters. The molecule has 0 N–H and O–H groups in total. The van der Waals surface area contributed by atoms with Crippen LogP contribution in [0.4, 0.5) is 0 Å². The van der Waals surface area contributed by atoms with Gasteiger partial charge in [0.1, 0.15) is 0 Å². The second-order valence-electron chi connectivity index (χ2n) is 4.62. The van der Waals surface area contributed by atoms with Crippen molar-refractivity contribution in [2.75, 3.05) is 0 Å². The zero-order valence-corrected chi connectivity index (χ0v) is 10.7. The molecule has 0 bridgehead atoms. The van der Waals surface area contributed by atoms with E-state index in [0.29, 0.717) is 5.25 Å². The average molecular weight is 248 g/mol. The third kappa shape index (κ3) is 1.48. The molecule has 0 aromatic heterocycles. The quantitative estimate of drug-likeness (QED) is 0.683. The average Bonchev–Trinajstić information content (AvgIpc) is 2.99. The van der Waals surface area contributed by atoms with E-state index in [9.17, 15) is 0 Å². The lowest BCUT2D eigenvalue weighted by atomic mass is 10.0. The SMILES string of the molecule is C1=CC2=CC(c3cccc4ccccc34)SC2=C1. The van der Waals surface area contributed by atoms with Crippen LogP contribution in [0.5, 0.6) is 0 Å². The largest absolute Gasteiger partial charge is 0.113 e. The summed E-state index contributed by atoms with van der Waals surface area (Å²) in [5.41, 5.74) is 2.81. The summed E-state index contributed by atoms with van der Waals surface area (Å²) in [6.45, 7) is 0. The minimum atomic E-state index is 0.460. The fraction of sp³-hybridized carbons (Fsp3) is 0.0588. The number of benzene rings is 2. The highest BCUT2D eigenvalue weighted by atomic mass is 32.2. The molecule has 2 aliphatic rings. The molecule has 0 spiro atoms. The van der Waals surface area contributed by atoms with Crippen molar-refractivity contribution in [3.8, 4) is 0 Å². The zero-order valence-electron chi connectivity index (χ0n) is 9.84. The highest BCUT2D eigenvalue weighted by molar-refractivity contribution is 8.04. The van der Waals surface area contributed by atoms with E-state index >= 15 is 0 Å². The fourth-order valence-electron chi connectivity index (χ4n) is 2.65. The van der Waals surface area contributed by atoms with Crippen molar-refractivity contribution in [2.24, 2.45) is 0 Å². The van der Waals surface area contributed by atoms with E-state index in [1.54, 1.807) is 0 Å². The van der Waals surface area contributed by atoms with Crippen LogP contribution in [0.3, 0.4) is 0 Å². The van der Waals surface area contributed by atoms with Crippen LogP contribution in [0.1, 0.15) is 10.8 Å². The summed E-state index contributed by atoms with van der Waals surface area (Å²) in [6, 6.07) is 15.2. The summed E-state index contributed by atoms with van der Waals surface area (Å²) in [6.07, 6.45) is 8.92. The molecule has 0 amide bonds. The van der Waals surface area contributed by atoms with Gasteiger partial charge in [0.15, 0.2) is 0 Å². The van der Waals surface area contributed by atoms with Crippen LogP contribution in [-0.2, 0) is 0 Å². The molecule has 0 saturated heterocycles. The molecule has 86 valence electrons. The van der Waals surface area contributed by atoms with E-state index < -0.39 is 0 Å². The number of hydrogen-bond acceptors (Lipinski definition) is 1. The Morgan fingerprint density at radius 3 is 2.78 bits per heavy atom. The van der Waals surface area contributed by atoms with Gasteiger partial charge in [-0.25, -0.2) is 0 Å². The highest BCUT2D eigenvalue weighted by Gasteiger charge is 2.24. The molecule has 1 heteroatoms. The first-order valence-electron chi connectivity index (χ1n) is 6.17. The van der Waals surface area contributed by atoms with Gasteiger partial charge >= 0.3 is 0 Å². The molecule has 1 unspecified atom stereocenters. The Labute approximate surface area is 111 Å². The van der Waals surface area contributed by atoms with Crippen molar-refractivity contribution < 1.29 is 0 Å². The van der Waals surface area contributed by atoms with Gasteiger partial charge in [0.2, 0.25) is 0 Å². The van der Waals surface area contributed by atoms with Crippen LogP contribution in [0, 0.1) is 0 Å². The predicted molar refractivity (Wildman–Crippen MR) is 79.6 cm³/mol. The molecule has 4 rings (SSSR count). The van der Waals surface area contributed by atoms with Crippen LogP contribution in [0.15, 0.2) is 77.2 Å². The van der Waals surface area contributed by atoms with E-state index in [0.717, 1.165) is 0 Å². The third-order valence-electron chi connectivity index (χ3n) is 3.52. The Kier molecular flexibility index (Phi) is 2.21. The second-order valence-corrected chi connectivity index (χ2v) is 5.80. The lowest BCUT2D eigenvalue weighted by Crippen LogP contribution is -1.88. The maximum atomic E-state index is 2.38. The van der Waals surface area contributed by atoms with E-state index in [4.69, 9.17) is 0 Å². The Hall–Kier alpha value is -1.73. The smallest absolute Gasteiger partial charge is 0.0540 e. The Morgan fingerprint density at radius 2 is 1.83 bits per heavy atom. The number of allylic oxidation sites excluding steroid dienone is 4. The van der Waals surface area contributed by atoms with Gasteiger partial charge in [-0.3, -0.25) is 0 Å². The van der Waals surface area contributed by atoms with E-state index in [2.05, 4.69) is 66.8 Å². The summed E-state index contributed by atoms with van der Waals surface area (Å²) in [4.78, 5) is 1.41. The Morgan fingerprint density at radius 1 is 0.944 bits per heavy atom. The van der Waals surface area contributed by atoms with E-state index in [1.165, 1.54) is 26.8 Å². The minimum absolute atomic E-state index is 0.460. The maximum absolute atomic E-state index is 2.38. The standard InChI is InChI=1S/C17H12S/c1-2-8-14-12(5-1)6-3-9-15(14)17-11-13-7-4-10-16(13)18-17/h1-11,17H. The van der Waals surface area contributed by atoms with Crippen LogP contribution in [0.2, 0.25) is 0 Å². The molecule has 2 aromatic rings. The van der Waals surface area contributed by atoms with E-state index in [1.807, 2.05) is 11.8 Å². The number of rotatable bonds is 1. The molecule has 2 aromatic carbocycles. The summed E-state index contributed by atoms with van der Waals surface area (Å²) < 4.78 is 0. The highest BCUT2D eigenvalue weighted by Crippen LogP contribution is 2.49. The molecule has 1 aliphatic carbocycles. The third-order valence-corrected chi connectivity index (χ3v) is 4.79. The van der Waals surface area contributed by atoms with Crippen LogP contribution < -0.4 is 0 Å². The van der Waals surface area contributed by atoms with Gasteiger partial charge in [0.25, 0.3) is 0 Å². The monoisotopic (exact) mass is 248 g/mol. The minimum Gasteiger partial charge on any atom is -0.113 e. The van der Waals surface area contributed by atoms with Gasteiger partial charge in [-0.2, -0.15) is 0 Å². The molecule has 1 aliphatic heterocycles.